The fraction of sp³-hybridized carbons (Fsp3) is 0.172. The van der Waals surface area contributed by atoms with Gasteiger partial charge in [0.2, 0.25) is 0 Å². The predicted octanol–water partition coefficient (Wildman–Crippen LogP) is 6.48. The van der Waals surface area contributed by atoms with Crippen molar-refractivity contribution in [2.75, 3.05) is 10.2 Å². The first kappa shape index (κ1) is 21.7. The molecule has 0 spiro atoms. The maximum absolute atomic E-state index is 14.3. The zero-order valence-electron chi connectivity index (χ0n) is 19.4. The van der Waals surface area contributed by atoms with Crippen molar-refractivity contribution in [2.24, 2.45) is 0 Å². The van der Waals surface area contributed by atoms with Gasteiger partial charge in [0.15, 0.2) is 5.54 Å². The molecule has 0 saturated carbocycles. The standard InChI is InChI=1S/C29H26N2O3/c1-28(2,3)34-27(33)31-25-16-10-9-15-24(25)29(26(31)32,30-23-13-5-4-6-14-23)22-18-17-20-11-7-8-12-21(20)19-22/h4-19,30H,1-3H3/t29-/m1/s1. The number of anilines is 2. The van der Waals surface area contributed by atoms with Gasteiger partial charge in [0.1, 0.15) is 5.60 Å². The normalized spacial score (nSPS) is 17.5. The molecule has 0 fully saturated rings. The number of fused-ring (bicyclic) bond motifs is 2. The highest BCUT2D eigenvalue weighted by Gasteiger charge is 2.55. The largest absolute Gasteiger partial charge is 0.443 e. The minimum Gasteiger partial charge on any atom is -0.443 e. The Balaban J connectivity index is 1.75. The summed E-state index contributed by atoms with van der Waals surface area (Å²) in [7, 11) is 0. The van der Waals surface area contributed by atoms with Crippen molar-refractivity contribution in [1.82, 2.24) is 0 Å². The Bertz CT molecular complexity index is 1390. The Morgan fingerprint density at radius 2 is 1.47 bits per heavy atom. The molecule has 2 amide bonds. The molecule has 1 aliphatic rings. The van der Waals surface area contributed by atoms with Gasteiger partial charge in [-0.1, -0.05) is 72.8 Å². The van der Waals surface area contributed by atoms with E-state index in [-0.39, 0.29) is 0 Å². The molecule has 0 unspecified atom stereocenters. The molecule has 0 aliphatic carbocycles. The van der Waals surface area contributed by atoms with Crippen LogP contribution in [0.4, 0.5) is 16.2 Å². The number of nitrogens with zero attached hydrogens (tertiary/aromatic N) is 1. The molecule has 0 radical (unpaired) electrons. The summed E-state index contributed by atoms with van der Waals surface area (Å²) in [5, 5.41) is 5.57. The summed E-state index contributed by atoms with van der Waals surface area (Å²) >= 11 is 0. The Hall–Kier alpha value is -4.12. The monoisotopic (exact) mass is 450 g/mol. The van der Waals surface area contributed by atoms with Crippen LogP contribution >= 0.6 is 0 Å². The number of ether oxygens (including phenoxy) is 1. The van der Waals surface area contributed by atoms with E-state index in [4.69, 9.17) is 4.74 Å². The van der Waals surface area contributed by atoms with E-state index in [2.05, 4.69) is 5.32 Å². The Kier molecular flexibility index (Phi) is 5.13. The second-order valence-electron chi connectivity index (χ2n) is 9.44. The van der Waals surface area contributed by atoms with Crippen molar-refractivity contribution in [3.8, 4) is 0 Å². The zero-order valence-corrected chi connectivity index (χ0v) is 19.4. The summed E-state index contributed by atoms with van der Waals surface area (Å²) in [4.78, 5) is 28.7. The van der Waals surface area contributed by atoms with Crippen LogP contribution in [0.15, 0.2) is 97.1 Å². The van der Waals surface area contributed by atoms with Gasteiger partial charge in [-0.15, -0.1) is 0 Å². The number of amides is 2. The number of benzene rings is 4. The topological polar surface area (TPSA) is 58.6 Å². The van der Waals surface area contributed by atoms with Gasteiger partial charge in [-0.25, -0.2) is 9.69 Å². The van der Waals surface area contributed by atoms with Crippen molar-refractivity contribution in [1.29, 1.82) is 0 Å². The first-order valence-corrected chi connectivity index (χ1v) is 11.3. The minimum atomic E-state index is -1.31. The molecule has 5 nitrogen and oxygen atoms in total. The summed E-state index contributed by atoms with van der Waals surface area (Å²) in [5.74, 6) is -0.401. The van der Waals surface area contributed by atoms with Crippen LogP contribution in [0.3, 0.4) is 0 Å². The van der Waals surface area contributed by atoms with Crippen molar-refractivity contribution in [3.05, 3.63) is 108 Å². The van der Waals surface area contributed by atoms with Crippen LogP contribution in [0.1, 0.15) is 31.9 Å². The maximum atomic E-state index is 14.3. The Labute approximate surface area is 199 Å². The number of nitrogens with one attached hydrogen (secondary N) is 1. The van der Waals surface area contributed by atoms with Crippen LogP contribution in [0.5, 0.6) is 0 Å². The fourth-order valence-electron chi connectivity index (χ4n) is 4.50. The lowest BCUT2D eigenvalue weighted by atomic mass is 9.82. The van der Waals surface area contributed by atoms with E-state index in [9.17, 15) is 9.59 Å². The number of para-hydroxylation sites is 2. The van der Waals surface area contributed by atoms with E-state index in [1.165, 1.54) is 0 Å². The molecule has 34 heavy (non-hydrogen) atoms. The van der Waals surface area contributed by atoms with Crippen LogP contribution in [0.2, 0.25) is 0 Å². The highest BCUT2D eigenvalue weighted by molar-refractivity contribution is 6.23. The lowest BCUT2D eigenvalue weighted by molar-refractivity contribution is -0.120. The molecule has 0 aromatic heterocycles. The summed E-state index contributed by atoms with van der Waals surface area (Å²) in [5.41, 5.74) is 0.679. The molecule has 1 atom stereocenters. The van der Waals surface area contributed by atoms with Crippen molar-refractivity contribution in [2.45, 2.75) is 31.9 Å². The summed E-state index contributed by atoms with van der Waals surface area (Å²) in [6, 6.07) is 30.9. The Morgan fingerprint density at radius 1 is 0.824 bits per heavy atom. The van der Waals surface area contributed by atoms with Gasteiger partial charge in [0.25, 0.3) is 5.91 Å². The molecule has 170 valence electrons. The van der Waals surface area contributed by atoms with Gasteiger partial charge in [0.05, 0.1) is 5.69 Å². The van der Waals surface area contributed by atoms with Crippen LogP contribution < -0.4 is 10.2 Å². The molecule has 5 rings (SSSR count). The zero-order chi connectivity index (χ0) is 23.9. The van der Waals surface area contributed by atoms with Crippen LogP contribution in [-0.2, 0) is 15.1 Å². The highest BCUT2D eigenvalue weighted by Crippen LogP contribution is 2.47. The lowest BCUT2D eigenvalue weighted by Gasteiger charge is -2.32. The van der Waals surface area contributed by atoms with Crippen LogP contribution in [-0.4, -0.2) is 17.6 Å². The first-order chi connectivity index (χ1) is 16.3. The molecule has 1 aliphatic heterocycles. The van der Waals surface area contributed by atoms with E-state index in [1.807, 2.05) is 91.0 Å². The number of carbonyl (C=O) groups excluding carboxylic acids is 2. The fourth-order valence-corrected chi connectivity index (χ4v) is 4.50. The highest BCUT2D eigenvalue weighted by atomic mass is 16.6. The molecule has 4 aromatic carbocycles. The number of hydrogen-bond donors (Lipinski definition) is 1. The van der Waals surface area contributed by atoms with E-state index < -0.39 is 23.1 Å². The average Bonchev–Trinajstić information content (AvgIpc) is 3.07. The number of rotatable bonds is 3. The quantitative estimate of drug-likeness (QED) is 0.388. The lowest BCUT2D eigenvalue weighted by Crippen LogP contribution is -2.49. The van der Waals surface area contributed by atoms with Crippen molar-refractivity contribution >= 4 is 34.1 Å². The van der Waals surface area contributed by atoms with Gasteiger partial charge in [0, 0.05) is 11.3 Å². The van der Waals surface area contributed by atoms with Crippen LogP contribution in [0.25, 0.3) is 10.8 Å². The number of hydrogen-bond acceptors (Lipinski definition) is 4. The molecule has 4 aromatic rings. The van der Waals surface area contributed by atoms with E-state index in [1.54, 1.807) is 26.8 Å². The van der Waals surface area contributed by atoms with E-state index >= 15 is 0 Å². The van der Waals surface area contributed by atoms with Gasteiger partial charge >= 0.3 is 6.09 Å². The predicted molar refractivity (Wildman–Crippen MR) is 135 cm³/mol. The molecule has 0 bridgehead atoms. The van der Waals surface area contributed by atoms with Crippen molar-refractivity contribution < 1.29 is 14.3 Å². The van der Waals surface area contributed by atoms with Gasteiger partial charge in [-0.05, 0) is 61.4 Å². The van der Waals surface area contributed by atoms with Crippen LogP contribution in [0, 0.1) is 0 Å². The number of imide groups is 1. The second kappa shape index (κ2) is 8.03. The second-order valence-corrected chi connectivity index (χ2v) is 9.44. The molecular formula is C29H26N2O3. The maximum Gasteiger partial charge on any atom is 0.421 e. The van der Waals surface area contributed by atoms with Gasteiger partial charge in [-0.2, -0.15) is 0 Å². The third-order valence-electron chi connectivity index (χ3n) is 5.94. The smallest absolute Gasteiger partial charge is 0.421 e. The van der Waals surface area contributed by atoms with Gasteiger partial charge in [-0.3, -0.25) is 4.79 Å². The molecule has 5 heteroatoms. The molecule has 1 heterocycles. The van der Waals surface area contributed by atoms with E-state index in [0.29, 0.717) is 11.3 Å². The third kappa shape index (κ3) is 3.59. The Morgan fingerprint density at radius 3 is 2.21 bits per heavy atom. The molecule has 1 N–H and O–H groups in total. The third-order valence-corrected chi connectivity index (χ3v) is 5.94. The number of carbonyl (C=O) groups is 2. The molecular weight excluding hydrogens is 424 g/mol. The van der Waals surface area contributed by atoms with E-state index in [0.717, 1.165) is 26.9 Å². The molecule has 0 saturated heterocycles. The average molecular weight is 451 g/mol. The summed E-state index contributed by atoms with van der Waals surface area (Å²) in [6.07, 6.45) is -0.692. The first-order valence-electron chi connectivity index (χ1n) is 11.3. The summed E-state index contributed by atoms with van der Waals surface area (Å²) in [6.45, 7) is 5.36. The minimum absolute atomic E-state index is 0.401. The SMILES string of the molecule is CC(C)(C)OC(=O)N1C(=O)[C@@](Nc2ccccc2)(c2ccc3ccccc3c2)c2ccccc21. The van der Waals surface area contributed by atoms with Gasteiger partial charge < -0.3 is 10.1 Å². The van der Waals surface area contributed by atoms with Crippen molar-refractivity contribution in [3.63, 3.8) is 0 Å². The summed E-state index contributed by atoms with van der Waals surface area (Å²) < 4.78 is 5.64.